The van der Waals surface area contributed by atoms with E-state index in [0.29, 0.717) is 50.5 Å². The van der Waals surface area contributed by atoms with Crippen molar-refractivity contribution < 1.29 is 4.74 Å². The first-order valence-electron chi connectivity index (χ1n) is 13.8. The number of ether oxygens (including phenoxy) is 1. The van der Waals surface area contributed by atoms with Crippen molar-refractivity contribution in [1.82, 2.24) is 24.8 Å². The summed E-state index contributed by atoms with van der Waals surface area (Å²) in [5, 5.41) is 14.3. The fourth-order valence-corrected chi connectivity index (χ4v) is 6.01. The van der Waals surface area contributed by atoms with Crippen molar-refractivity contribution in [3.8, 4) is 28.8 Å². The van der Waals surface area contributed by atoms with Crippen molar-refractivity contribution in [2.24, 2.45) is 5.41 Å². The van der Waals surface area contributed by atoms with E-state index in [0.717, 1.165) is 50.3 Å². The van der Waals surface area contributed by atoms with Crippen molar-refractivity contribution in [3.63, 3.8) is 0 Å². The molecule has 1 spiro atoms. The van der Waals surface area contributed by atoms with Crippen LogP contribution in [0.15, 0.2) is 47.4 Å². The second kappa shape index (κ2) is 10.0. The van der Waals surface area contributed by atoms with Crippen LogP contribution in [0.1, 0.15) is 49.4 Å². The highest BCUT2D eigenvalue weighted by atomic mass is 16.5. The summed E-state index contributed by atoms with van der Waals surface area (Å²) >= 11 is 0. The van der Waals surface area contributed by atoms with Gasteiger partial charge in [-0.2, -0.15) is 10.2 Å². The van der Waals surface area contributed by atoms with Crippen LogP contribution < -0.4 is 20.6 Å². The van der Waals surface area contributed by atoms with Gasteiger partial charge in [0.1, 0.15) is 17.6 Å². The van der Waals surface area contributed by atoms with E-state index in [2.05, 4.69) is 40.1 Å². The molecule has 0 bridgehead atoms. The molecule has 0 unspecified atom stereocenters. The van der Waals surface area contributed by atoms with Gasteiger partial charge in [0.05, 0.1) is 35.1 Å². The molecule has 9 nitrogen and oxygen atoms in total. The summed E-state index contributed by atoms with van der Waals surface area (Å²) in [5.74, 6) is 1.25. The highest BCUT2D eigenvalue weighted by Crippen LogP contribution is 2.39. The lowest BCUT2D eigenvalue weighted by Crippen LogP contribution is -2.58. The number of pyridine rings is 2. The minimum Gasteiger partial charge on any atom is -0.496 e. The highest BCUT2D eigenvalue weighted by molar-refractivity contribution is 5.92. The maximum absolute atomic E-state index is 14.0. The van der Waals surface area contributed by atoms with Crippen molar-refractivity contribution in [3.05, 3.63) is 69.9 Å². The third kappa shape index (κ3) is 4.20. The number of nitrogens with one attached hydrogen (secondary N) is 1. The van der Waals surface area contributed by atoms with Gasteiger partial charge in [-0.15, -0.1) is 0 Å². The number of aryl methyl sites for hydroxylation is 1. The van der Waals surface area contributed by atoms with Crippen LogP contribution in [-0.4, -0.2) is 52.8 Å². The zero-order valence-corrected chi connectivity index (χ0v) is 23.4. The number of fused-ring (bicyclic) bond motifs is 1. The molecule has 1 aromatic carbocycles. The molecular weight excluding hydrogens is 502 g/mol. The number of hydrogen-bond donors (Lipinski definition) is 1. The average molecular weight is 536 g/mol. The zero-order valence-electron chi connectivity index (χ0n) is 23.4. The van der Waals surface area contributed by atoms with E-state index in [1.807, 2.05) is 43.3 Å². The third-order valence-corrected chi connectivity index (χ3v) is 8.38. The number of methoxy groups -OCH3 is 1. The normalized spacial score (nSPS) is 16.2. The molecule has 40 heavy (non-hydrogen) atoms. The van der Waals surface area contributed by atoms with Gasteiger partial charge in [-0.05, 0) is 60.9 Å². The van der Waals surface area contributed by atoms with Crippen LogP contribution in [0.3, 0.4) is 0 Å². The van der Waals surface area contributed by atoms with E-state index in [9.17, 15) is 10.1 Å². The van der Waals surface area contributed by atoms with Crippen molar-refractivity contribution in [1.29, 1.82) is 5.26 Å². The Morgan fingerprint density at radius 3 is 2.52 bits per heavy atom. The number of aromatic nitrogens is 4. The molecule has 4 aromatic rings. The summed E-state index contributed by atoms with van der Waals surface area (Å²) in [6, 6.07) is 13.6. The van der Waals surface area contributed by atoms with E-state index in [1.54, 1.807) is 17.9 Å². The van der Waals surface area contributed by atoms with Crippen LogP contribution in [0.25, 0.3) is 28.0 Å². The molecule has 3 aromatic heterocycles. The lowest BCUT2D eigenvalue weighted by atomic mass is 9.73. The molecule has 9 heteroatoms. The van der Waals surface area contributed by atoms with Crippen LogP contribution in [0.4, 0.5) is 5.82 Å². The molecule has 0 atom stereocenters. The summed E-state index contributed by atoms with van der Waals surface area (Å²) in [6.45, 7) is 9.76. The second-order valence-electron chi connectivity index (χ2n) is 11.2. The molecule has 0 aliphatic carbocycles. The van der Waals surface area contributed by atoms with Crippen LogP contribution in [0.5, 0.6) is 5.75 Å². The largest absolute Gasteiger partial charge is 0.496 e. The van der Waals surface area contributed by atoms with Gasteiger partial charge in [-0.25, -0.2) is 14.3 Å². The Hall–Kier alpha value is -4.29. The van der Waals surface area contributed by atoms with Gasteiger partial charge in [0.25, 0.3) is 0 Å². The van der Waals surface area contributed by atoms with Crippen LogP contribution in [0.2, 0.25) is 0 Å². The Kier molecular flexibility index (Phi) is 6.51. The molecular formula is C31H33N7O2. The molecule has 0 radical (unpaired) electrons. The lowest BCUT2D eigenvalue weighted by molar-refractivity contribution is 0.126. The minimum atomic E-state index is -0.408. The van der Waals surface area contributed by atoms with Gasteiger partial charge in [0, 0.05) is 37.9 Å². The Balaban J connectivity index is 1.65. The Morgan fingerprint density at radius 2 is 1.88 bits per heavy atom. The molecule has 6 rings (SSSR count). The Bertz CT molecular complexity index is 1710. The van der Waals surface area contributed by atoms with E-state index in [-0.39, 0.29) is 5.92 Å². The molecule has 0 saturated carbocycles. The topological polar surface area (TPSA) is 109 Å². The number of piperidine rings is 1. The van der Waals surface area contributed by atoms with Gasteiger partial charge < -0.3 is 15.0 Å². The predicted octanol–water partition coefficient (Wildman–Crippen LogP) is 4.34. The molecule has 204 valence electrons. The minimum absolute atomic E-state index is 0.0676. The summed E-state index contributed by atoms with van der Waals surface area (Å²) in [7, 11) is 1.60. The molecule has 2 aliphatic rings. The fourth-order valence-electron chi connectivity index (χ4n) is 6.01. The van der Waals surface area contributed by atoms with Gasteiger partial charge in [0.15, 0.2) is 5.65 Å². The molecule has 0 amide bonds. The zero-order chi connectivity index (χ0) is 28.0. The van der Waals surface area contributed by atoms with E-state index in [1.165, 1.54) is 0 Å². The Labute approximate surface area is 233 Å². The fraction of sp³-hybridized carbons (Fsp3) is 0.387. The van der Waals surface area contributed by atoms with Gasteiger partial charge >= 0.3 is 5.69 Å². The van der Waals surface area contributed by atoms with E-state index < -0.39 is 5.69 Å². The van der Waals surface area contributed by atoms with E-state index in [4.69, 9.17) is 9.72 Å². The summed E-state index contributed by atoms with van der Waals surface area (Å²) in [5.41, 5.74) is 4.32. The van der Waals surface area contributed by atoms with Crippen LogP contribution in [-0.2, 0) is 0 Å². The molecule has 2 saturated heterocycles. The van der Waals surface area contributed by atoms with Gasteiger partial charge in [-0.1, -0.05) is 26.0 Å². The molecule has 1 N–H and O–H groups in total. The molecule has 2 fully saturated rings. The number of nitrogens with zero attached hydrogens (tertiary/aromatic N) is 6. The van der Waals surface area contributed by atoms with Gasteiger partial charge in [0.2, 0.25) is 0 Å². The number of rotatable bonds is 5. The number of hydrogen-bond acceptors (Lipinski definition) is 8. The average Bonchev–Trinajstić information content (AvgIpc) is 2.95. The molecule has 5 heterocycles. The Morgan fingerprint density at radius 1 is 1.12 bits per heavy atom. The van der Waals surface area contributed by atoms with Gasteiger partial charge in [-0.3, -0.25) is 4.98 Å². The van der Waals surface area contributed by atoms with Crippen LogP contribution >= 0.6 is 0 Å². The number of benzene rings is 1. The number of anilines is 1. The maximum atomic E-state index is 14.0. The van der Waals surface area contributed by atoms with Crippen molar-refractivity contribution >= 4 is 16.9 Å². The first kappa shape index (κ1) is 26.0. The SMILES string of the molecule is COc1ccccc1-c1nc2c(cc1C#N)c(N1CCC3(CC1)CNC3)nc(=O)n2-c1c(C)ccnc1C(C)C. The first-order valence-corrected chi connectivity index (χ1v) is 13.8. The highest BCUT2D eigenvalue weighted by Gasteiger charge is 2.40. The number of nitriles is 1. The quantitative estimate of drug-likeness (QED) is 0.402. The first-order chi connectivity index (χ1) is 19.4. The maximum Gasteiger partial charge on any atom is 0.355 e. The standard InChI is InChI=1S/C31H33N7O2/c1-19(2)25-27(20(3)9-12-34-25)38-29-23(15-21(16-32)26(35-29)22-7-5-6-8-24(22)40-4)28(36-30(38)39)37-13-10-31(11-14-37)17-33-18-31/h5-9,12,15,19,33H,10-11,13-14,17-18H2,1-4H3. The summed E-state index contributed by atoms with van der Waals surface area (Å²) in [6.07, 6.45) is 3.83. The lowest BCUT2D eigenvalue weighted by Gasteiger charge is -2.48. The third-order valence-electron chi connectivity index (χ3n) is 8.38. The second-order valence-corrected chi connectivity index (χ2v) is 11.2. The van der Waals surface area contributed by atoms with Crippen molar-refractivity contribution in [2.75, 3.05) is 38.2 Å². The smallest absolute Gasteiger partial charge is 0.355 e. The predicted molar refractivity (Wildman–Crippen MR) is 155 cm³/mol. The monoisotopic (exact) mass is 535 g/mol. The summed E-state index contributed by atoms with van der Waals surface area (Å²) < 4.78 is 7.20. The van der Waals surface area contributed by atoms with Crippen LogP contribution in [0, 0.1) is 23.7 Å². The molecule has 2 aliphatic heterocycles. The van der Waals surface area contributed by atoms with Crippen molar-refractivity contribution in [2.45, 2.75) is 39.5 Å². The summed E-state index contributed by atoms with van der Waals surface area (Å²) in [4.78, 5) is 30.6. The number of para-hydroxylation sites is 1. The van der Waals surface area contributed by atoms with E-state index >= 15 is 0 Å².